The number of hydrogen-bond donors (Lipinski definition) is 1. The first-order valence-corrected chi connectivity index (χ1v) is 12.3. The molecule has 3 heterocycles. The van der Waals surface area contributed by atoms with Gasteiger partial charge in [0.1, 0.15) is 11.4 Å². The summed E-state index contributed by atoms with van der Waals surface area (Å²) < 4.78 is 7.17. The number of aryl methyl sites for hydroxylation is 2. The molecular formula is C28H27N5O3S. The standard InChI is InChI=1S/C28H27N5O3S/c1-17-8-10-20(11-9-17)32-27(26(30-28(32)37)23-7-5-6-14-29-23)22-15-18(2)31(19(22)3)24-13-12-21(36-4)16-25(24)33(34)35/h5-16,26-27H,1-4H3,(H,30,37)/t26-,27+/m0/s1. The largest absolute Gasteiger partial charge is 0.496 e. The Kier molecular flexibility index (Phi) is 6.39. The van der Waals surface area contributed by atoms with Crippen LogP contribution in [0.2, 0.25) is 0 Å². The molecule has 0 bridgehead atoms. The Morgan fingerprint density at radius 1 is 1.05 bits per heavy atom. The summed E-state index contributed by atoms with van der Waals surface area (Å²) in [5, 5.41) is 16.1. The number of aromatic nitrogens is 2. The number of ether oxygens (including phenoxy) is 1. The van der Waals surface area contributed by atoms with Gasteiger partial charge in [-0.3, -0.25) is 15.1 Å². The summed E-state index contributed by atoms with van der Waals surface area (Å²) in [6.45, 7) is 5.99. The van der Waals surface area contributed by atoms with E-state index >= 15 is 0 Å². The predicted molar refractivity (Wildman–Crippen MR) is 148 cm³/mol. The molecule has 4 aromatic rings. The maximum absolute atomic E-state index is 12.0. The molecule has 2 aromatic heterocycles. The van der Waals surface area contributed by atoms with Crippen molar-refractivity contribution >= 4 is 28.7 Å². The Balaban J connectivity index is 1.70. The lowest BCUT2D eigenvalue weighted by atomic mass is 9.96. The number of nitro groups is 1. The normalized spacial score (nSPS) is 17.1. The van der Waals surface area contributed by atoms with Gasteiger partial charge in [0.25, 0.3) is 5.69 Å². The lowest BCUT2D eigenvalue weighted by molar-refractivity contribution is -0.384. The average Bonchev–Trinajstić information content (AvgIpc) is 3.39. The second kappa shape index (κ2) is 9.67. The van der Waals surface area contributed by atoms with E-state index < -0.39 is 0 Å². The molecule has 9 heteroatoms. The molecule has 2 atom stereocenters. The van der Waals surface area contributed by atoms with Crippen LogP contribution in [0.1, 0.15) is 40.3 Å². The van der Waals surface area contributed by atoms with E-state index in [1.54, 1.807) is 18.3 Å². The zero-order chi connectivity index (χ0) is 26.3. The van der Waals surface area contributed by atoms with Crippen LogP contribution in [-0.2, 0) is 0 Å². The Morgan fingerprint density at radius 3 is 2.46 bits per heavy atom. The number of hydrogen-bond acceptors (Lipinski definition) is 5. The first kappa shape index (κ1) is 24.5. The SMILES string of the molecule is COc1ccc(-n2c(C)cc([C@@H]3[C@H](c4ccccn4)NC(=S)N3c3ccc(C)cc3)c2C)c([N+](=O)[O-])c1. The van der Waals surface area contributed by atoms with Gasteiger partial charge in [0.15, 0.2) is 5.11 Å². The summed E-state index contributed by atoms with van der Waals surface area (Å²) in [7, 11) is 1.50. The molecule has 0 radical (unpaired) electrons. The topological polar surface area (TPSA) is 85.5 Å². The van der Waals surface area contributed by atoms with Crippen molar-refractivity contribution in [2.24, 2.45) is 0 Å². The van der Waals surface area contributed by atoms with E-state index in [2.05, 4.69) is 45.5 Å². The van der Waals surface area contributed by atoms with Gasteiger partial charge in [0, 0.05) is 23.3 Å². The smallest absolute Gasteiger partial charge is 0.296 e. The van der Waals surface area contributed by atoms with E-state index in [-0.39, 0.29) is 22.7 Å². The minimum Gasteiger partial charge on any atom is -0.496 e. The molecule has 188 valence electrons. The monoisotopic (exact) mass is 513 g/mol. The number of methoxy groups -OCH3 is 1. The van der Waals surface area contributed by atoms with Crippen LogP contribution in [0.5, 0.6) is 5.75 Å². The van der Waals surface area contributed by atoms with Crippen molar-refractivity contribution in [3.63, 3.8) is 0 Å². The maximum atomic E-state index is 12.0. The van der Waals surface area contributed by atoms with Crippen molar-refractivity contribution in [2.75, 3.05) is 12.0 Å². The highest BCUT2D eigenvalue weighted by molar-refractivity contribution is 7.80. The zero-order valence-electron chi connectivity index (χ0n) is 21.0. The predicted octanol–water partition coefficient (Wildman–Crippen LogP) is 5.89. The Bertz CT molecular complexity index is 1480. The first-order chi connectivity index (χ1) is 17.8. The summed E-state index contributed by atoms with van der Waals surface area (Å²) in [5.74, 6) is 0.434. The minimum absolute atomic E-state index is 0.0237. The summed E-state index contributed by atoms with van der Waals surface area (Å²) in [6, 6.07) is 20.7. The van der Waals surface area contributed by atoms with Gasteiger partial charge in [-0.1, -0.05) is 23.8 Å². The van der Waals surface area contributed by atoms with E-state index in [4.69, 9.17) is 17.0 Å². The van der Waals surface area contributed by atoms with Crippen molar-refractivity contribution in [2.45, 2.75) is 32.9 Å². The van der Waals surface area contributed by atoms with Gasteiger partial charge in [-0.25, -0.2) is 0 Å². The maximum Gasteiger partial charge on any atom is 0.296 e. The van der Waals surface area contributed by atoms with Gasteiger partial charge in [0.05, 0.1) is 35.9 Å². The highest BCUT2D eigenvalue weighted by Gasteiger charge is 2.42. The molecule has 1 fully saturated rings. The second-order valence-electron chi connectivity index (χ2n) is 9.11. The molecule has 1 aliphatic rings. The van der Waals surface area contributed by atoms with Crippen molar-refractivity contribution in [3.05, 3.63) is 111 Å². The fraction of sp³-hybridized carbons (Fsp3) is 0.214. The number of nitrogens with one attached hydrogen (secondary N) is 1. The Labute approximate surface area is 220 Å². The van der Waals surface area contributed by atoms with Gasteiger partial charge >= 0.3 is 0 Å². The van der Waals surface area contributed by atoms with E-state index in [0.717, 1.165) is 33.9 Å². The molecule has 1 N–H and O–H groups in total. The van der Waals surface area contributed by atoms with Crippen molar-refractivity contribution in [3.8, 4) is 11.4 Å². The molecule has 0 saturated carbocycles. The van der Waals surface area contributed by atoms with Crippen LogP contribution >= 0.6 is 12.2 Å². The first-order valence-electron chi connectivity index (χ1n) is 11.9. The molecule has 37 heavy (non-hydrogen) atoms. The van der Waals surface area contributed by atoms with Crippen LogP contribution in [0, 0.1) is 30.9 Å². The molecule has 2 aromatic carbocycles. The molecule has 0 unspecified atom stereocenters. The molecule has 1 saturated heterocycles. The Morgan fingerprint density at radius 2 is 1.81 bits per heavy atom. The number of nitrogens with zero attached hydrogens (tertiary/aromatic N) is 4. The average molecular weight is 514 g/mol. The summed E-state index contributed by atoms with van der Waals surface area (Å²) >= 11 is 5.85. The third-order valence-electron chi connectivity index (χ3n) is 6.82. The number of benzene rings is 2. The van der Waals surface area contributed by atoms with Gasteiger partial charge in [-0.2, -0.15) is 0 Å². The molecule has 0 amide bonds. The second-order valence-corrected chi connectivity index (χ2v) is 9.49. The molecule has 0 aliphatic carbocycles. The van der Waals surface area contributed by atoms with Crippen molar-refractivity contribution in [1.82, 2.24) is 14.9 Å². The van der Waals surface area contributed by atoms with E-state index in [1.807, 2.05) is 43.5 Å². The fourth-order valence-corrected chi connectivity index (χ4v) is 5.42. The highest BCUT2D eigenvalue weighted by atomic mass is 32.1. The van der Waals surface area contributed by atoms with Crippen LogP contribution in [0.4, 0.5) is 11.4 Å². The van der Waals surface area contributed by atoms with Gasteiger partial charge in [0.2, 0.25) is 0 Å². The van der Waals surface area contributed by atoms with Crippen molar-refractivity contribution in [1.29, 1.82) is 0 Å². The minimum atomic E-state index is -0.377. The molecule has 8 nitrogen and oxygen atoms in total. The summed E-state index contributed by atoms with van der Waals surface area (Å²) in [6.07, 6.45) is 1.77. The van der Waals surface area contributed by atoms with Crippen LogP contribution in [0.3, 0.4) is 0 Å². The molecular weight excluding hydrogens is 486 g/mol. The molecule has 5 rings (SSSR count). The van der Waals surface area contributed by atoms with Crippen LogP contribution in [-0.4, -0.2) is 26.7 Å². The van der Waals surface area contributed by atoms with E-state index in [1.165, 1.54) is 13.2 Å². The number of anilines is 1. The summed E-state index contributed by atoms with van der Waals surface area (Å²) in [5.41, 5.74) is 6.22. The Hall–Kier alpha value is -4.24. The number of nitro benzene ring substituents is 1. The zero-order valence-corrected chi connectivity index (χ0v) is 21.8. The fourth-order valence-electron chi connectivity index (χ4n) is 5.08. The molecule has 0 spiro atoms. The van der Waals surface area contributed by atoms with E-state index in [9.17, 15) is 10.1 Å². The van der Waals surface area contributed by atoms with Gasteiger partial charge < -0.3 is 19.5 Å². The van der Waals surface area contributed by atoms with Crippen LogP contribution < -0.4 is 15.0 Å². The van der Waals surface area contributed by atoms with Crippen LogP contribution in [0.25, 0.3) is 5.69 Å². The van der Waals surface area contributed by atoms with Crippen molar-refractivity contribution < 1.29 is 9.66 Å². The third-order valence-corrected chi connectivity index (χ3v) is 7.13. The quantitative estimate of drug-likeness (QED) is 0.195. The lowest BCUT2D eigenvalue weighted by Gasteiger charge is -2.28. The lowest BCUT2D eigenvalue weighted by Crippen LogP contribution is -2.29. The van der Waals surface area contributed by atoms with Gasteiger partial charge in [-0.15, -0.1) is 0 Å². The van der Waals surface area contributed by atoms with E-state index in [0.29, 0.717) is 16.5 Å². The number of pyridine rings is 1. The summed E-state index contributed by atoms with van der Waals surface area (Å²) in [4.78, 5) is 18.4. The molecule has 1 aliphatic heterocycles. The van der Waals surface area contributed by atoms with Crippen LogP contribution in [0.15, 0.2) is 72.9 Å². The van der Waals surface area contributed by atoms with Gasteiger partial charge in [-0.05, 0) is 81.0 Å². The number of thiocarbonyl (C=S) groups is 1. The third kappa shape index (κ3) is 4.31. The highest BCUT2D eigenvalue weighted by Crippen LogP contribution is 2.44. The number of rotatable bonds is 6.